The molecule has 0 atom stereocenters. The number of hydrogen-bond acceptors (Lipinski definition) is 7. The maximum absolute atomic E-state index is 12.6. The number of rotatable bonds is 6. The molecule has 3 aromatic carbocycles. The third kappa shape index (κ3) is 5.35. The third-order valence-electron chi connectivity index (χ3n) is 5.32. The zero-order valence-corrected chi connectivity index (χ0v) is 20.4. The molecule has 37 heavy (non-hydrogen) atoms. The molecule has 5 aromatic rings. The van der Waals surface area contributed by atoms with Crippen molar-refractivity contribution in [2.24, 2.45) is 5.14 Å². The summed E-state index contributed by atoms with van der Waals surface area (Å²) in [6, 6.07) is 18.9. The summed E-state index contributed by atoms with van der Waals surface area (Å²) >= 11 is 6.19. The van der Waals surface area contributed by atoms with E-state index in [1.807, 2.05) is 0 Å². The Morgan fingerprint density at radius 1 is 0.919 bits per heavy atom. The van der Waals surface area contributed by atoms with Crippen LogP contribution in [0, 0.1) is 0 Å². The number of imidazole rings is 1. The zero-order chi connectivity index (χ0) is 26.2. The zero-order valence-electron chi connectivity index (χ0n) is 18.8. The monoisotopic (exact) mass is 535 g/mol. The van der Waals surface area contributed by atoms with Crippen molar-refractivity contribution in [3.05, 3.63) is 93.7 Å². The van der Waals surface area contributed by atoms with E-state index in [9.17, 15) is 18.0 Å². The Balaban J connectivity index is 1.39. The second-order valence-electron chi connectivity index (χ2n) is 7.92. The molecule has 186 valence electrons. The van der Waals surface area contributed by atoms with Crippen molar-refractivity contribution < 1.29 is 13.2 Å². The van der Waals surface area contributed by atoms with E-state index < -0.39 is 15.9 Å². The molecule has 0 bridgehead atoms. The third-order valence-corrected chi connectivity index (χ3v) is 6.58. The fraction of sp³-hybridized carbons (Fsp3) is 0. The van der Waals surface area contributed by atoms with E-state index in [-0.39, 0.29) is 27.9 Å². The fourth-order valence-corrected chi connectivity index (χ4v) is 4.26. The largest absolute Gasteiger partial charge is 0.324 e. The molecule has 2 heterocycles. The second-order valence-corrected chi connectivity index (χ2v) is 9.89. The van der Waals surface area contributed by atoms with Crippen LogP contribution < -0.4 is 21.3 Å². The molecule has 6 N–H and O–H groups in total. The number of halogens is 1. The van der Waals surface area contributed by atoms with Gasteiger partial charge in [0.25, 0.3) is 11.5 Å². The second kappa shape index (κ2) is 9.50. The van der Waals surface area contributed by atoms with Gasteiger partial charge in [-0.05, 0) is 48.5 Å². The van der Waals surface area contributed by atoms with Gasteiger partial charge in [-0.15, -0.1) is 0 Å². The van der Waals surface area contributed by atoms with Crippen LogP contribution in [-0.2, 0) is 10.0 Å². The van der Waals surface area contributed by atoms with Crippen LogP contribution in [0.2, 0.25) is 5.02 Å². The summed E-state index contributed by atoms with van der Waals surface area (Å²) in [5, 5.41) is 11.2. The maximum Gasteiger partial charge on any atom is 0.257 e. The Kier molecular flexibility index (Phi) is 6.21. The van der Waals surface area contributed by atoms with Crippen molar-refractivity contribution >= 4 is 56.1 Å². The number of nitrogens with two attached hydrogens (primary N) is 1. The van der Waals surface area contributed by atoms with Crippen LogP contribution in [0.3, 0.4) is 0 Å². The lowest BCUT2D eigenvalue weighted by atomic mass is 10.1. The van der Waals surface area contributed by atoms with Crippen molar-refractivity contribution in [3.63, 3.8) is 0 Å². The number of benzene rings is 3. The van der Waals surface area contributed by atoms with Crippen LogP contribution in [0.4, 0.5) is 17.6 Å². The van der Waals surface area contributed by atoms with Gasteiger partial charge in [-0.2, -0.15) is 0 Å². The van der Waals surface area contributed by atoms with E-state index in [1.165, 1.54) is 30.3 Å². The number of nitrogens with one attached hydrogen (secondary N) is 4. The Hall–Kier alpha value is -4.52. The SMILES string of the molecule is NS(=O)(=O)c1ccc(C(=O)Nc2nc3ccc(-c4cc(=O)[nH]c(Nc5ccccc5Cl)n4)cc3[nH]2)cc1. The minimum absolute atomic E-state index is 0.0982. The van der Waals surface area contributed by atoms with Gasteiger partial charge in [-0.25, -0.2) is 23.5 Å². The average Bonchev–Trinajstić information content (AvgIpc) is 3.26. The first-order valence-electron chi connectivity index (χ1n) is 10.7. The fourth-order valence-electron chi connectivity index (χ4n) is 3.56. The molecule has 0 saturated carbocycles. The highest BCUT2D eigenvalue weighted by Crippen LogP contribution is 2.26. The number of H-pyrrole nitrogens is 2. The first-order valence-corrected chi connectivity index (χ1v) is 12.7. The number of nitrogens with zero attached hydrogens (tertiary/aromatic N) is 2. The molecule has 13 heteroatoms. The summed E-state index contributed by atoms with van der Waals surface area (Å²) in [5.74, 6) is -0.0823. The summed E-state index contributed by atoms with van der Waals surface area (Å²) in [4.78, 5) is 39.2. The normalized spacial score (nSPS) is 11.4. The first-order chi connectivity index (χ1) is 17.7. The summed E-state index contributed by atoms with van der Waals surface area (Å²) in [7, 11) is -3.86. The lowest BCUT2D eigenvalue weighted by Crippen LogP contribution is -2.15. The quantitative estimate of drug-likeness (QED) is 0.220. The average molecular weight is 536 g/mol. The highest BCUT2D eigenvalue weighted by atomic mass is 35.5. The van der Waals surface area contributed by atoms with Crippen molar-refractivity contribution in [3.8, 4) is 11.3 Å². The predicted octanol–water partition coefficient (Wildman–Crippen LogP) is 3.61. The van der Waals surface area contributed by atoms with Crippen LogP contribution >= 0.6 is 11.6 Å². The van der Waals surface area contributed by atoms with Gasteiger partial charge >= 0.3 is 0 Å². The number of carbonyl (C=O) groups is 1. The molecule has 0 radical (unpaired) electrons. The maximum atomic E-state index is 12.6. The van der Waals surface area contributed by atoms with Gasteiger partial charge in [0.05, 0.1) is 32.3 Å². The summed E-state index contributed by atoms with van der Waals surface area (Å²) < 4.78 is 22.8. The smallest absolute Gasteiger partial charge is 0.257 e. The first kappa shape index (κ1) is 24.2. The molecule has 0 aliphatic carbocycles. The number of aromatic amines is 2. The molecule has 11 nitrogen and oxygen atoms in total. The van der Waals surface area contributed by atoms with Crippen molar-refractivity contribution in [1.29, 1.82) is 0 Å². The Labute approximate surface area is 214 Å². The topological polar surface area (TPSA) is 176 Å². The van der Waals surface area contributed by atoms with Crippen LogP contribution in [0.25, 0.3) is 22.3 Å². The molecular weight excluding hydrogens is 518 g/mol. The van der Waals surface area contributed by atoms with E-state index in [0.29, 0.717) is 33.0 Å². The molecule has 0 fully saturated rings. The number of aromatic nitrogens is 4. The number of sulfonamides is 1. The predicted molar refractivity (Wildman–Crippen MR) is 140 cm³/mol. The molecular formula is C24H18ClN7O4S. The number of fused-ring (bicyclic) bond motifs is 1. The van der Waals surface area contributed by atoms with Crippen LogP contribution in [-0.4, -0.2) is 34.3 Å². The molecule has 0 unspecified atom stereocenters. The van der Waals surface area contributed by atoms with E-state index in [2.05, 4.69) is 30.6 Å². The standard InChI is InChI=1S/C24H18ClN7O4S/c25-16-3-1-2-4-17(16)27-23-29-19(12-21(33)31-23)14-7-10-18-20(11-14)30-24(28-18)32-22(34)13-5-8-15(9-6-13)37(26,35)36/h1-12H,(H2,26,35,36)(H2,27,29,31,33)(H2,28,30,32,34). The molecule has 0 saturated heterocycles. The molecule has 0 spiro atoms. The Morgan fingerprint density at radius 2 is 1.68 bits per heavy atom. The number of amides is 1. The summed E-state index contributed by atoms with van der Waals surface area (Å²) in [5.41, 5.74) is 2.68. The lowest BCUT2D eigenvalue weighted by molar-refractivity contribution is 0.102. The number of hydrogen-bond donors (Lipinski definition) is 5. The van der Waals surface area contributed by atoms with Gasteiger partial charge in [-0.1, -0.05) is 29.8 Å². The molecule has 5 rings (SSSR count). The number of primary sulfonamides is 1. The van der Waals surface area contributed by atoms with Gasteiger partial charge in [0.15, 0.2) is 0 Å². The molecule has 0 aliphatic heterocycles. The molecule has 2 aromatic heterocycles. The van der Waals surface area contributed by atoms with Gasteiger partial charge in [0, 0.05) is 17.2 Å². The van der Waals surface area contributed by atoms with Gasteiger partial charge in [-0.3, -0.25) is 19.9 Å². The Bertz CT molecular complexity index is 1820. The highest BCUT2D eigenvalue weighted by Gasteiger charge is 2.13. The van der Waals surface area contributed by atoms with E-state index >= 15 is 0 Å². The van der Waals surface area contributed by atoms with Gasteiger partial charge < -0.3 is 10.3 Å². The lowest BCUT2D eigenvalue weighted by Gasteiger charge is -2.08. The number of para-hydroxylation sites is 1. The van der Waals surface area contributed by atoms with Crippen molar-refractivity contribution in [1.82, 2.24) is 19.9 Å². The summed E-state index contributed by atoms with van der Waals surface area (Å²) in [6.45, 7) is 0. The van der Waals surface area contributed by atoms with Crippen molar-refractivity contribution in [2.75, 3.05) is 10.6 Å². The highest BCUT2D eigenvalue weighted by molar-refractivity contribution is 7.89. The number of anilines is 3. The van der Waals surface area contributed by atoms with Crippen LogP contribution in [0.15, 0.2) is 82.5 Å². The molecule has 1 amide bonds. The van der Waals surface area contributed by atoms with Gasteiger partial charge in [0.1, 0.15) is 0 Å². The van der Waals surface area contributed by atoms with E-state index in [0.717, 1.165) is 0 Å². The Morgan fingerprint density at radius 3 is 2.41 bits per heavy atom. The van der Waals surface area contributed by atoms with Crippen LogP contribution in [0.1, 0.15) is 10.4 Å². The van der Waals surface area contributed by atoms with Crippen molar-refractivity contribution in [2.45, 2.75) is 4.90 Å². The van der Waals surface area contributed by atoms with Gasteiger partial charge in [0.2, 0.25) is 21.9 Å². The minimum Gasteiger partial charge on any atom is -0.324 e. The minimum atomic E-state index is -3.86. The number of carbonyl (C=O) groups excluding carboxylic acids is 1. The van der Waals surface area contributed by atoms with Crippen LogP contribution in [0.5, 0.6) is 0 Å². The summed E-state index contributed by atoms with van der Waals surface area (Å²) in [6.07, 6.45) is 0. The molecule has 0 aliphatic rings. The van der Waals surface area contributed by atoms with E-state index in [4.69, 9.17) is 16.7 Å². The van der Waals surface area contributed by atoms with E-state index in [1.54, 1.807) is 42.5 Å².